The lowest BCUT2D eigenvalue weighted by molar-refractivity contribution is 0.102. The number of pyridine rings is 1. The van der Waals surface area contributed by atoms with E-state index in [0.717, 1.165) is 66.9 Å². The van der Waals surface area contributed by atoms with Crippen LogP contribution in [0.25, 0.3) is 10.8 Å². The quantitative estimate of drug-likeness (QED) is 0.275. The minimum atomic E-state index is -0.228. The molecule has 0 spiro atoms. The van der Waals surface area contributed by atoms with E-state index in [4.69, 9.17) is 14.2 Å². The van der Waals surface area contributed by atoms with Crippen LogP contribution in [0.4, 0.5) is 5.69 Å². The van der Waals surface area contributed by atoms with Gasteiger partial charge in [-0.05, 0) is 84.8 Å². The summed E-state index contributed by atoms with van der Waals surface area (Å²) in [6.07, 6.45) is 4.72. The fraction of sp³-hybridized carbons (Fsp3) is 0.290. The van der Waals surface area contributed by atoms with Crippen molar-refractivity contribution < 1.29 is 19.0 Å². The van der Waals surface area contributed by atoms with Gasteiger partial charge in [0.05, 0.1) is 20.8 Å². The van der Waals surface area contributed by atoms with E-state index >= 15 is 0 Å². The first-order valence-corrected chi connectivity index (χ1v) is 13.0. The molecule has 2 heterocycles. The van der Waals surface area contributed by atoms with Crippen molar-refractivity contribution in [2.75, 3.05) is 39.2 Å². The first-order chi connectivity index (χ1) is 18.6. The minimum Gasteiger partial charge on any atom is -0.494 e. The first kappa shape index (κ1) is 25.5. The molecule has 1 aliphatic heterocycles. The van der Waals surface area contributed by atoms with Crippen molar-refractivity contribution in [3.8, 4) is 17.2 Å². The van der Waals surface area contributed by atoms with E-state index in [1.165, 1.54) is 11.1 Å². The number of carbonyl (C=O) groups excluding carboxylic acids is 1. The zero-order valence-electron chi connectivity index (χ0n) is 21.9. The molecule has 0 unspecified atom stereocenters. The standard InChI is InChI=1S/C31H33N3O4/c1-36-28-19-23-14-17-34(21-24(23)20-29(28)37-2)16-5-6-18-38-26-11-9-25(10-12-26)33-31(35)30-27-8-4-3-7-22(27)13-15-32-30/h3-4,7-13,15,19-20H,5-6,14,16-18,21H2,1-2H3,(H,33,35). The van der Waals surface area contributed by atoms with Crippen molar-refractivity contribution in [1.82, 2.24) is 9.88 Å². The number of hydrogen-bond donors (Lipinski definition) is 1. The summed E-state index contributed by atoms with van der Waals surface area (Å²) in [6.45, 7) is 3.66. The Kier molecular flexibility index (Phi) is 8.04. The first-order valence-electron chi connectivity index (χ1n) is 13.0. The van der Waals surface area contributed by atoms with Gasteiger partial charge in [-0.25, -0.2) is 0 Å². The highest BCUT2D eigenvalue weighted by molar-refractivity contribution is 6.11. The van der Waals surface area contributed by atoms with Crippen molar-refractivity contribution in [2.45, 2.75) is 25.8 Å². The average Bonchev–Trinajstić information content (AvgIpc) is 2.96. The normalized spacial score (nSPS) is 13.1. The molecule has 1 aromatic heterocycles. The molecule has 7 nitrogen and oxygen atoms in total. The summed E-state index contributed by atoms with van der Waals surface area (Å²) in [5, 5.41) is 4.76. The Morgan fingerprint density at radius 2 is 1.71 bits per heavy atom. The zero-order chi connectivity index (χ0) is 26.3. The maximum absolute atomic E-state index is 12.8. The van der Waals surface area contributed by atoms with Crippen LogP contribution in [0, 0.1) is 0 Å². The summed E-state index contributed by atoms with van der Waals surface area (Å²) in [5.41, 5.74) is 3.78. The summed E-state index contributed by atoms with van der Waals surface area (Å²) in [5.74, 6) is 2.15. The number of benzene rings is 3. The number of nitrogens with one attached hydrogen (secondary N) is 1. The van der Waals surface area contributed by atoms with Crippen LogP contribution in [0.15, 0.2) is 72.9 Å². The number of hydrogen-bond acceptors (Lipinski definition) is 6. The zero-order valence-corrected chi connectivity index (χ0v) is 21.9. The fourth-order valence-corrected chi connectivity index (χ4v) is 4.89. The van der Waals surface area contributed by atoms with Crippen molar-refractivity contribution in [1.29, 1.82) is 0 Å². The summed E-state index contributed by atoms with van der Waals surface area (Å²) in [7, 11) is 3.36. The Hall–Kier alpha value is -4.10. The second-order valence-corrected chi connectivity index (χ2v) is 9.42. The maximum Gasteiger partial charge on any atom is 0.274 e. The third-order valence-corrected chi connectivity index (χ3v) is 6.94. The van der Waals surface area contributed by atoms with Gasteiger partial charge in [-0.1, -0.05) is 24.3 Å². The van der Waals surface area contributed by atoms with Gasteiger partial charge in [0.1, 0.15) is 11.4 Å². The van der Waals surface area contributed by atoms with Gasteiger partial charge in [-0.2, -0.15) is 0 Å². The van der Waals surface area contributed by atoms with Crippen molar-refractivity contribution in [3.05, 3.63) is 89.7 Å². The van der Waals surface area contributed by atoms with Gasteiger partial charge >= 0.3 is 0 Å². The molecule has 5 rings (SSSR count). The highest BCUT2D eigenvalue weighted by Gasteiger charge is 2.19. The molecular weight excluding hydrogens is 478 g/mol. The molecule has 0 radical (unpaired) electrons. The molecule has 7 heteroatoms. The molecule has 0 aliphatic carbocycles. The molecule has 38 heavy (non-hydrogen) atoms. The number of nitrogens with zero attached hydrogens (tertiary/aromatic N) is 2. The van der Waals surface area contributed by atoms with E-state index in [1.807, 2.05) is 54.6 Å². The Bertz CT molecular complexity index is 1400. The third-order valence-electron chi connectivity index (χ3n) is 6.94. The molecule has 4 aromatic rings. The lowest BCUT2D eigenvalue weighted by atomic mass is 9.98. The van der Waals surface area contributed by atoms with E-state index in [1.54, 1.807) is 20.4 Å². The molecular formula is C31H33N3O4. The number of ether oxygens (including phenoxy) is 3. The van der Waals surface area contributed by atoms with Gasteiger partial charge in [0, 0.05) is 30.4 Å². The molecule has 0 atom stereocenters. The van der Waals surface area contributed by atoms with E-state index < -0.39 is 0 Å². The number of amides is 1. The van der Waals surface area contributed by atoms with Gasteiger partial charge in [-0.15, -0.1) is 0 Å². The van der Waals surface area contributed by atoms with Crippen LogP contribution in [-0.2, 0) is 13.0 Å². The van der Waals surface area contributed by atoms with Gasteiger partial charge in [0.2, 0.25) is 0 Å². The van der Waals surface area contributed by atoms with Crippen LogP contribution in [0.5, 0.6) is 17.2 Å². The molecule has 1 N–H and O–H groups in total. The summed E-state index contributed by atoms with van der Waals surface area (Å²) < 4.78 is 16.8. The highest BCUT2D eigenvalue weighted by atomic mass is 16.5. The highest BCUT2D eigenvalue weighted by Crippen LogP contribution is 2.33. The molecule has 0 saturated carbocycles. The predicted molar refractivity (Wildman–Crippen MR) is 149 cm³/mol. The topological polar surface area (TPSA) is 72.9 Å². The second kappa shape index (κ2) is 12.0. The number of anilines is 1. The van der Waals surface area contributed by atoms with Crippen LogP contribution < -0.4 is 19.5 Å². The summed E-state index contributed by atoms with van der Waals surface area (Å²) in [6, 6.07) is 21.3. The Labute approximate surface area is 223 Å². The smallest absolute Gasteiger partial charge is 0.274 e. The largest absolute Gasteiger partial charge is 0.494 e. The molecule has 1 aliphatic rings. The van der Waals surface area contributed by atoms with Crippen LogP contribution in [0.2, 0.25) is 0 Å². The number of rotatable bonds is 10. The molecule has 1 amide bonds. The number of methoxy groups -OCH3 is 2. The molecule has 3 aromatic carbocycles. The van der Waals surface area contributed by atoms with Gasteiger partial charge < -0.3 is 19.5 Å². The average molecular weight is 512 g/mol. The molecule has 0 bridgehead atoms. The molecule has 196 valence electrons. The van der Waals surface area contributed by atoms with Crippen molar-refractivity contribution in [2.24, 2.45) is 0 Å². The second-order valence-electron chi connectivity index (χ2n) is 9.42. The number of unbranched alkanes of at least 4 members (excludes halogenated alkanes) is 1. The van der Waals surface area contributed by atoms with Crippen LogP contribution in [0.1, 0.15) is 34.5 Å². The molecule has 0 fully saturated rings. The Balaban J connectivity index is 1.06. The van der Waals surface area contributed by atoms with E-state index in [0.29, 0.717) is 18.0 Å². The molecule has 0 saturated heterocycles. The number of fused-ring (bicyclic) bond motifs is 2. The van der Waals surface area contributed by atoms with E-state index in [9.17, 15) is 4.79 Å². The lowest BCUT2D eigenvalue weighted by Crippen LogP contribution is -2.31. The monoisotopic (exact) mass is 511 g/mol. The minimum absolute atomic E-state index is 0.228. The SMILES string of the molecule is COc1cc2c(cc1OC)CN(CCCCOc1ccc(NC(=O)c3nccc4ccccc34)cc1)CC2. The van der Waals surface area contributed by atoms with Crippen molar-refractivity contribution >= 4 is 22.4 Å². The fourth-order valence-electron chi connectivity index (χ4n) is 4.89. The van der Waals surface area contributed by atoms with Crippen molar-refractivity contribution in [3.63, 3.8) is 0 Å². The van der Waals surface area contributed by atoms with E-state index in [2.05, 4.69) is 27.3 Å². The van der Waals surface area contributed by atoms with Crippen LogP contribution in [0.3, 0.4) is 0 Å². The van der Waals surface area contributed by atoms with Crippen LogP contribution >= 0.6 is 0 Å². The lowest BCUT2D eigenvalue weighted by Gasteiger charge is -2.29. The maximum atomic E-state index is 12.8. The Morgan fingerprint density at radius 3 is 2.50 bits per heavy atom. The van der Waals surface area contributed by atoms with Gasteiger partial charge in [0.25, 0.3) is 5.91 Å². The van der Waals surface area contributed by atoms with E-state index in [-0.39, 0.29) is 5.91 Å². The Morgan fingerprint density at radius 1 is 0.947 bits per heavy atom. The number of carbonyl (C=O) groups is 1. The number of aromatic nitrogens is 1. The van der Waals surface area contributed by atoms with Gasteiger partial charge in [-0.3, -0.25) is 14.7 Å². The predicted octanol–water partition coefficient (Wildman–Crippen LogP) is 5.72. The third kappa shape index (κ3) is 5.89. The van der Waals surface area contributed by atoms with Gasteiger partial charge in [0.15, 0.2) is 11.5 Å². The van der Waals surface area contributed by atoms with Crippen LogP contribution in [-0.4, -0.2) is 49.7 Å². The summed E-state index contributed by atoms with van der Waals surface area (Å²) in [4.78, 5) is 19.6. The summed E-state index contributed by atoms with van der Waals surface area (Å²) >= 11 is 0.